The molecule has 0 heterocycles. The lowest BCUT2D eigenvalue weighted by molar-refractivity contribution is -0.116. The molecule has 0 fully saturated rings. The molecule has 0 saturated heterocycles. The number of carbonyl (C=O) groups excluding carboxylic acids is 1. The molecule has 0 aromatic heterocycles. The van der Waals surface area contributed by atoms with Gasteiger partial charge < -0.3 is 0 Å². The van der Waals surface area contributed by atoms with E-state index in [1.165, 1.54) is 0 Å². The molecule has 2 nitrogen and oxygen atoms in total. The highest BCUT2D eigenvalue weighted by atomic mass is 79.9. The molecule has 0 bridgehead atoms. The maximum Gasteiger partial charge on any atom is 0.151 e. The van der Waals surface area contributed by atoms with Gasteiger partial charge in [-0.2, -0.15) is 5.26 Å². The molecule has 0 aliphatic carbocycles. The molecule has 0 spiro atoms. The predicted octanol–water partition coefficient (Wildman–Crippen LogP) is 2.67. The third-order valence-corrected chi connectivity index (χ3v) is 2.39. The highest BCUT2D eigenvalue weighted by Crippen LogP contribution is 2.16. The van der Waals surface area contributed by atoms with Crippen molar-refractivity contribution in [2.24, 2.45) is 0 Å². The lowest BCUT2D eigenvalue weighted by atomic mass is 10.1. The number of benzene rings is 1. The molecular formula is C10H7BrClNO. The number of ketones is 1. The van der Waals surface area contributed by atoms with Crippen molar-refractivity contribution in [2.75, 3.05) is 5.88 Å². The van der Waals surface area contributed by atoms with E-state index in [-0.39, 0.29) is 18.1 Å². The third kappa shape index (κ3) is 3.13. The Labute approximate surface area is 95.6 Å². The molecule has 0 aliphatic heterocycles. The van der Waals surface area contributed by atoms with Crippen LogP contribution in [0.25, 0.3) is 0 Å². The Morgan fingerprint density at radius 1 is 1.50 bits per heavy atom. The Hall–Kier alpha value is -0.850. The van der Waals surface area contributed by atoms with Gasteiger partial charge in [0.2, 0.25) is 0 Å². The van der Waals surface area contributed by atoms with Gasteiger partial charge in [0.25, 0.3) is 0 Å². The van der Waals surface area contributed by atoms with Gasteiger partial charge in [-0.05, 0) is 23.8 Å². The van der Waals surface area contributed by atoms with Crippen LogP contribution in [0, 0.1) is 11.3 Å². The van der Waals surface area contributed by atoms with Crippen LogP contribution in [0.4, 0.5) is 0 Å². The Morgan fingerprint density at radius 3 is 2.79 bits per heavy atom. The zero-order valence-electron chi connectivity index (χ0n) is 7.26. The van der Waals surface area contributed by atoms with Gasteiger partial charge >= 0.3 is 0 Å². The largest absolute Gasteiger partial charge is 0.298 e. The second kappa shape index (κ2) is 5.14. The van der Waals surface area contributed by atoms with Gasteiger partial charge in [-0.25, -0.2) is 0 Å². The first-order valence-electron chi connectivity index (χ1n) is 3.93. The van der Waals surface area contributed by atoms with Gasteiger partial charge in [0, 0.05) is 10.9 Å². The molecule has 4 heteroatoms. The molecule has 72 valence electrons. The first-order valence-corrected chi connectivity index (χ1v) is 5.25. The number of Topliss-reactive ketones (excluding diaryl/α,β-unsaturated/α-hetero) is 1. The van der Waals surface area contributed by atoms with Crippen LogP contribution in [-0.2, 0) is 11.2 Å². The summed E-state index contributed by atoms with van der Waals surface area (Å²) in [6.07, 6.45) is 0.275. The average Bonchev–Trinajstić information content (AvgIpc) is 2.16. The summed E-state index contributed by atoms with van der Waals surface area (Å²) in [5.41, 5.74) is 1.35. The van der Waals surface area contributed by atoms with Gasteiger partial charge in [-0.1, -0.05) is 15.9 Å². The lowest BCUT2D eigenvalue weighted by Crippen LogP contribution is -2.03. The van der Waals surface area contributed by atoms with Crippen molar-refractivity contribution in [3.63, 3.8) is 0 Å². The van der Waals surface area contributed by atoms with Crippen LogP contribution < -0.4 is 0 Å². The number of alkyl halides is 1. The minimum absolute atomic E-state index is 0.00833. The molecule has 0 amide bonds. The molecule has 1 aromatic rings. The number of nitrogens with zero attached hydrogens (tertiary/aromatic N) is 1. The second-order valence-electron chi connectivity index (χ2n) is 2.81. The van der Waals surface area contributed by atoms with Gasteiger partial charge in [0.15, 0.2) is 5.78 Å². The molecular weight excluding hydrogens is 265 g/mol. The molecule has 0 N–H and O–H groups in total. The van der Waals surface area contributed by atoms with Crippen LogP contribution in [0.2, 0.25) is 0 Å². The van der Waals surface area contributed by atoms with E-state index in [0.29, 0.717) is 5.56 Å². The van der Waals surface area contributed by atoms with Crippen molar-refractivity contribution < 1.29 is 4.79 Å². The Kier molecular flexibility index (Phi) is 4.12. The number of carbonyl (C=O) groups is 1. The van der Waals surface area contributed by atoms with Crippen LogP contribution in [0.5, 0.6) is 0 Å². The van der Waals surface area contributed by atoms with Gasteiger partial charge in [0.05, 0.1) is 17.5 Å². The predicted molar refractivity (Wildman–Crippen MR) is 58.3 cm³/mol. The van der Waals surface area contributed by atoms with E-state index in [4.69, 9.17) is 16.9 Å². The van der Waals surface area contributed by atoms with E-state index in [2.05, 4.69) is 15.9 Å². The molecule has 1 rings (SSSR count). The molecule has 0 saturated carbocycles. The summed E-state index contributed by atoms with van der Waals surface area (Å²) in [5, 5.41) is 8.70. The SMILES string of the molecule is N#Cc1cc(Br)cc(CC(=O)CCl)c1. The molecule has 0 aliphatic rings. The number of rotatable bonds is 3. The van der Waals surface area contributed by atoms with Crippen LogP contribution in [0.3, 0.4) is 0 Å². The Bertz CT molecular complexity index is 398. The fourth-order valence-corrected chi connectivity index (χ4v) is 1.73. The van der Waals surface area contributed by atoms with E-state index in [1.807, 2.05) is 12.1 Å². The average molecular weight is 273 g/mol. The smallest absolute Gasteiger partial charge is 0.151 e. The van der Waals surface area contributed by atoms with Crippen LogP contribution >= 0.6 is 27.5 Å². The van der Waals surface area contributed by atoms with E-state index in [0.717, 1.165) is 10.0 Å². The number of nitriles is 1. The molecule has 1 aromatic carbocycles. The normalized spacial score (nSPS) is 9.50. The van der Waals surface area contributed by atoms with E-state index >= 15 is 0 Å². The topological polar surface area (TPSA) is 40.9 Å². The van der Waals surface area contributed by atoms with E-state index in [9.17, 15) is 4.79 Å². The molecule has 14 heavy (non-hydrogen) atoms. The first kappa shape index (κ1) is 11.2. The molecule has 0 atom stereocenters. The Morgan fingerprint density at radius 2 is 2.21 bits per heavy atom. The maximum atomic E-state index is 11.1. The molecule has 0 radical (unpaired) electrons. The van der Waals surface area contributed by atoms with Crippen molar-refractivity contribution >= 4 is 33.3 Å². The minimum Gasteiger partial charge on any atom is -0.298 e. The lowest BCUT2D eigenvalue weighted by Gasteiger charge is -2.00. The summed E-state index contributed by atoms with van der Waals surface area (Å²) in [6, 6.07) is 7.23. The summed E-state index contributed by atoms with van der Waals surface area (Å²) in [4.78, 5) is 11.1. The summed E-state index contributed by atoms with van der Waals surface area (Å²) in [5.74, 6) is -0.0392. The zero-order chi connectivity index (χ0) is 10.6. The first-order chi connectivity index (χ1) is 6.65. The maximum absolute atomic E-state index is 11.1. The van der Waals surface area contributed by atoms with Crippen molar-refractivity contribution in [1.82, 2.24) is 0 Å². The van der Waals surface area contributed by atoms with Gasteiger partial charge in [0.1, 0.15) is 0 Å². The quantitative estimate of drug-likeness (QED) is 0.794. The second-order valence-corrected chi connectivity index (χ2v) is 3.99. The standard InChI is InChI=1S/C10H7BrClNO/c11-9-2-7(4-10(14)5-12)1-8(3-9)6-13/h1-3H,4-5H2. The van der Waals surface area contributed by atoms with E-state index in [1.54, 1.807) is 12.1 Å². The number of hydrogen-bond donors (Lipinski definition) is 0. The highest BCUT2D eigenvalue weighted by molar-refractivity contribution is 9.10. The van der Waals surface area contributed by atoms with Crippen molar-refractivity contribution in [2.45, 2.75) is 6.42 Å². The molecule has 0 unspecified atom stereocenters. The minimum atomic E-state index is -0.0475. The third-order valence-electron chi connectivity index (χ3n) is 1.64. The fraction of sp³-hybridized carbons (Fsp3) is 0.200. The van der Waals surface area contributed by atoms with Crippen molar-refractivity contribution in [3.05, 3.63) is 33.8 Å². The van der Waals surface area contributed by atoms with E-state index < -0.39 is 0 Å². The number of hydrogen-bond acceptors (Lipinski definition) is 2. The van der Waals surface area contributed by atoms with Crippen molar-refractivity contribution in [1.29, 1.82) is 5.26 Å². The van der Waals surface area contributed by atoms with Crippen LogP contribution in [0.1, 0.15) is 11.1 Å². The summed E-state index contributed by atoms with van der Waals surface area (Å²) in [6.45, 7) is 0. The van der Waals surface area contributed by atoms with Crippen molar-refractivity contribution in [3.8, 4) is 6.07 Å². The monoisotopic (exact) mass is 271 g/mol. The Balaban J connectivity index is 2.93. The zero-order valence-corrected chi connectivity index (χ0v) is 9.60. The highest BCUT2D eigenvalue weighted by Gasteiger charge is 2.04. The fourth-order valence-electron chi connectivity index (χ4n) is 1.09. The van der Waals surface area contributed by atoms with Crippen LogP contribution in [0.15, 0.2) is 22.7 Å². The van der Waals surface area contributed by atoms with Gasteiger partial charge in [-0.3, -0.25) is 4.79 Å². The summed E-state index contributed by atoms with van der Waals surface area (Å²) < 4.78 is 0.800. The van der Waals surface area contributed by atoms with Gasteiger partial charge in [-0.15, -0.1) is 11.6 Å². The summed E-state index contributed by atoms with van der Waals surface area (Å²) in [7, 11) is 0. The number of halogens is 2. The summed E-state index contributed by atoms with van der Waals surface area (Å²) >= 11 is 8.66. The van der Waals surface area contributed by atoms with Crippen LogP contribution in [-0.4, -0.2) is 11.7 Å².